The van der Waals surface area contributed by atoms with Crippen LogP contribution in [0.25, 0.3) is 0 Å². The molecule has 0 unspecified atom stereocenters. The third-order valence-electron chi connectivity index (χ3n) is 4.26. The molecule has 2 rings (SSSR count). The summed E-state index contributed by atoms with van der Waals surface area (Å²) in [6.45, 7) is 5.57. The van der Waals surface area contributed by atoms with E-state index in [-0.39, 0.29) is 38.1 Å². The number of para-hydroxylation sites is 4. The van der Waals surface area contributed by atoms with E-state index < -0.39 is 6.10 Å². The van der Waals surface area contributed by atoms with Gasteiger partial charge in [-0.15, -0.1) is 0 Å². The number of benzene rings is 2. The molecule has 0 fully saturated rings. The number of ether oxygens (including phenoxy) is 2. The number of carbonyl (C=O) groups is 2. The van der Waals surface area contributed by atoms with Crippen LogP contribution in [-0.2, 0) is 9.59 Å². The molecule has 2 aromatic rings. The Kier molecular flexibility index (Phi) is 11.0. The van der Waals surface area contributed by atoms with E-state index in [1.54, 1.807) is 48.5 Å². The Labute approximate surface area is 188 Å². The fourth-order valence-corrected chi connectivity index (χ4v) is 2.68. The van der Waals surface area contributed by atoms with Gasteiger partial charge < -0.3 is 35.8 Å². The lowest BCUT2D eigenvalue weighted by atomic mass is 10.2. The van der Waals surface area contributed by atoms with E-state index in [2.05, 4.69) is 21.3 Å². The normalized spacial score (nSPS) is 10.6. The van der Waals surface area contributed by atoms with Crippen molar-refractivity contribution in [2.75, 3.05) is 50.0 Å². The van der Waals surface area contributed by atoms with Crippen LogP contribution < -0.4 is 30.7 Å². The Hall–Kier alpha value is -3.14. The average molecular weight is 445 g/mol. The maximum absolute atomic E-state index is 12.0. The summed E-state index contributed by atoms with van der Waals surface area (Å²) in [5.41, 5.74) is 1.05. The first-order chi connectivity index (χ1) is 15.5. The molecule has 0 heterocycles. The summed E-state index contributed by atoms with van der Waals surface area (Å²) in [7, 11) is 0. The lowest BCUT2D eigenvalue weighted by Gasteiger charge is -2.17. The summed E-state index contributed by atoms with van der Waals surface area (Å²) in [4.78, 5) is 23.9. The van der Waals surface area contributed by atoms with Crippen LogP contribution in [0, 0.1) is 0 Å². The highest BCUT2D eigenvalue weighted by molar-refractivity contribution is 5.94. The van der Waals surface area contributed by atoms with Crippen LogP contribution in [-0.4, -0.2) is 62.4 Å². The summed E-state index contributed by atoms with van der Waals surface area (Å²) >= 11 is 0. The number of anilines is 2. The maximum Gasteiger partial charge on any atom is 0.238 e. The van der Waals surface area contributed by atoms with Crippen molar-refractivity contribution in [2.45, 2.75) is 20.0 Å². The highest BCUT2D eigenvalue weighted by Crippen LogP contribution is 2.25. The van der Waals surface area contributed by atoms with E-state index in [9.17, 15) is 14.7 Å². The first kappa shape index (κ1) is 25.1. The van der Waals surface area contributed by atoms with Crippen molar-refractivity contribution in [3.8, 4) is 11.5 Å². The zero-order valence-corrected chi connectivity index (χ0v) is 18.5. The van der Waals surface area contributed by atoms with Gasteiger partial charge in [0.1, 0.15) is 30.8 Å². The van der Waals surface area contributed by atoms with Crippen molar-refractivity contribution in [3.05, 3.63) is 48.5 Å². The molecule has 2 aromatic carbocycles. The summed E-state index contributed by atoms with van der Waals surface area (Å²) < 4.78 is 11.4. The van der Waals surface area contributed by atoms with Gasteiger partial charge in [0, 0.05) is 0 Å². The largest absolute Gasteiger partial charge is 0.489 e. The zero-order valence-electron chi connectivity index (χ0n) is 18.5. The molecule has 0 aliphatic rings. The Bertz CT molecular complexity index is 792. The molecule has 0 spiro atoms. The lowest BCUT2D eigenvalue weighted by molar-refractivity contribution is -0.116. The minimum absolute atomic E-state index is 0.0327. The number of hydrogen-bond donors (Lipinski definition) is 5. The average Bonchev–Trinajstić information content (AvgIpc) is 2.80. The van der Waals surface area contributed by atoms with Crippen LogP contribution in [0.15, 0.2) is 48.5 Å². The molecule has 0 atom stereocenters. The Morgan fingerprint density at radius 3 is 1.59 bits per heavy atom. The van der Waals surface area contributed by atoms with Gasteiger partial charge in [0.15, 0.2) is 0 Å². The molecule has 0 saturated heterocycles. The van der Waals surface area contributed by atoms with Gasteiger partial charge in [-0.3, -0.25) is 9.59 Å². The minimum atomic E-state index is -0.925. The van der Waals surface area contributed by atoms with E-state index >= 15 is 0 Å². The second-order valence-corrected chi connectivity index (χ2v) is 6.93. The molecule has 5 N–H and O–H groups in total. The van der Waals surface area contributed by atoms with Gasteiger partial charge in [0.25, 0.3) is 0 Å². The van der Waals surface area contributed by atoms with Crippen LogP contribution in [0.5, 0.6) is 11.5 Å². The number of nitrogens with one attached hydrogen (secondary N) is 4. The van der Waals surface area contributed by atoms with Gasteiger partial charge in [-0.2, -0.15) is 0 Å². The van der Waals surface area contributed by atoms with Crippen LogP contribution in [0.2, 0.25) is 0 Å². The Balaban J connectivity index is 1.87. The van der Waals surface area contributed by atoms with Gasteiger partial charge in [0.2, 0.25) is 11.8 Å². The summed E-state index contributed by atoms with van der Waals surface area (Å²) in [6.07, 6.45) is -0.925. The first-order valence-electron chi connectivity index (χ1n) is 10.7. The number of carbonyl (C=O) groups excluding carboxylic acids is 2. The number of amides is 2. The summed E-state index contributed by atoms with van der Waals surface area (Å²) in [5, 5.41) is 21.8. The molecule has 32 heavy (non-hydrogen) atoms. The highest BCUT2D eigenvalue weighted by atomic mass is 16.5. The molecule has 0 aliphatic heterocycles. The Morgan fingerprint density at radius 1 is 0.781 bits per heavy atom. The van der Waals surface area contributed by atoms with Gasteiger partial charge in [-0.25, -0.2) is 0 Å². The minimum Gasteiger partial charge on any atom is -0.489 e. The van der Waals surface area contributed by atoms with Crippen LogP contribution in [0.3, 0.4) is 0 Å². The quantitative estimate of drug-likeness (QED) is 0.300. The maximum atomic E-state index is 12.0. The smallest absolute Gasteiger partial charge is 0.238 e. The molecule has 2 amide bonds. The molecule has 0 saturated carbocycles. The molecular weight excluding hydrogens is 412 g/mol. The molecule has 0 aromatic heterocycles. The van der Waals surface area contributed by atoms with Gasteiger partial charge in [-0.05, 0) is 37.4 Å². The van der Waals surface area contributed by atoms with Crippen LogP contribution >= 0.6 is 0 Å². The summed E-state index contributed by atoms with van der Waals surface area (Å²) in [6, 6.07) is 14.0. The topological polar surface area (TPSA) is 121 Å². The van der Waals surface area contributed by atoms with Crippen LogP contribution in [0.4, 0.5) is 11.4 Å². The highest BCUT2D eigenvalue weighted by Gasteiger charge is 2.13. The number of aliphatic hydroxyl groups is 1. The number of hydrogen-bond acceptors (Lipinski definition) is 7. The van der Waals surface area contributed by atoms with E-state index in [0.717, 1.165) is 0 Å². The molecule has 0 aliphatic carbocycles. The molecule has 9 nitrogen and oxygen atoms in total. The molecular formula is C23H32N4O5. The van der Waals surface area contributed by atoms with E-state index in [1.807, 2.05) is 13.8 Å². The Morgan fingerprint density at radius 2 is 1.19 bits per heavy atom. The summed E-state index contributed by atoms with van der Waals surface area (Å²) in [5.74, 6) is 0.541. The zero-order chi connectivity index (χ0) is 23.2. The lowest BCUT2D eigenvalue weighted by Crippen LogP contribution is -2.29. The fraction of sp³-hybridized carbons (Fsp3) is 0.391. The predicted molar refractivity (Wildman–Crippen MR) is 124 cm³/mol. The van der Waals surface area contributed by atoms with Crippen LogP contribution in [0.1, 0.15) is 13.8 Å². The van der Waals surface area contributed by atoms with Gasteiger partial charge >= 0.3 is 0 Å². The van der Waals surface area contributed by atoms with Crippen molar-refractivity contribution in [3.63, 3.8) is 0 Å². The van der Waals surface area contributed by atoms with Crippen molar-refractivity contribution in [1.29, 1.82) is 0 Å². The molecule has 0 radical (unpaired) electrons. The molecule has 9 heteroatoms. The second kappa shape index (κ2) is 14.0. The third-order valence-corrected chi connectivity index (χ3v) is 4.26. The van der Waals surface area contributed by atoms with Gasteiger partial charge in [0.05, 0.1) is 24.5 Å². The van der Waals surface area contributed by atoms with Crippen molar-refractivity contribution >= 4 is 23.2 Å². The second-order valence-electron chi connectivity index (χ2n) is 6.93. The van der Waals surface area contributed by atoms with E-state index in [1.165, 1.54) is 0 Å². The first-order valence-corrected chi connectivity index (χ1v) is 10.7. The van der Waals surface area contributed by atoms with E-state index in [0.29, 0.717) is 36.0 Å². The molecule has 0 bridgehead atoms. The standard InChI is InChI=1S/C23H32N4O5/c1-3-24-13-22(29)26-18-9-5-7-11-20(18)31-15-17(28)16-32-21-12-8-6-10-19(21)27-23(30)14-25-4-2/h5-12,17,24-25,28H,3-4,13-16H2,1-2H3,(H,26,29)(H,27,30). The van der Waals surface area contributed by atoms with E-state index in [4.69, 9.17) is 9.47 Å². The number of aliphatic hydroxyl groups excluding tert-OH is 1. The molecule has 174 valence electrons. The van der Waals surface area contributed by atoms with Crippen molar-refractivity contribution < 1.29 is 24.2 Å². The third kappa shape index (κ3) is 8.93. The van der Waals surface area contributed by atoms with Gasteiger partial charge in [-0.1, -0.05) is 38.1 Å². The predicted octanol–water partition coefficient (Wildman–Crippen LogP) is 1.60. The van der Waals surface area contributed by atoms with Crippen molar-refractivity contribution in [2.24, 2.45) is 0 Å². The number of rotatable bonds is 14. The monoisotopic (exact) mass is 444 g/mol. The number of likely N-dealkylation sites (N-methyl/N-ethyl adjacent to an activating group) is 2. The van der Waals surface area contributed by atoms with Crippen molar-refractivity contribution in [1.82, 2.24) is 10.6 Å². The fourth-order valence-electron chi connectivity index (χ4n) is 2.68. The SMILES string of the molecule is CCNCC(=O)Nc1ccccc1OCC(O)COc1ccccc1NC(=O)CNCC.